The van der Waals surface area contributed by atoms with Crippen LogP contribution >= 0.6 is 0 Å². The van der Waals surface area contributed by atoms with E-state index in [1.54, 1.807) is 30.5 Å². The van der Waals surface area contributed by atoms with Gasteiger partial charge in [0.25, 0.3) is 0 Å². The molecule has 0 fully saturated rings. The van der Waals surface area contributed by atoms with Crippen LogP contribution in [0.25, 0.3) is 10.8 Å². The molecule has 0 radical (unpaired) electrons. The van der Waals surface area contributed by atoms with Gasteiger partial charge in [0, 0.05) is 18.1 Å². The quantitative estimate of drug-likeness (QED) is 0.512. The summed E-state index contributed by atoms with van der Waals surface area (Å²) in [4.78, 5) is 4.74. The summed E-state index contributed by atoms with van der Waals surface area (Å²) < 4.78 is 26.7. The van der Waals surface area contributed by atoms with Gasteiger partial charge in [-0.2, -0.15) is 0 Å². The second-order valence-corrected chi connectivity index (χ2v) is 8.65. The number of nitrogens with zero attached hydrogens (tertiary/aromatic N) is 1. The number of pyridine rings is 1. The highest BCUT2D eigenvalue weighted by atomic mass is 32.2. The lowest BCUT2D eigenvalue weighted by atomic mass is 10.1. The number of hydrogen-bond donors (Lipinski definition) is 1. The molecule has 140 valence electrons. The van der Waals surface area contributed by atoms with Crippen molar-refractivity contribution in [1.82, 2.24) is 4.98 Å². The van der Waals surface area contributed by atoms with Crippen LogP contribution in [0.1, 0.15) is 10.8 Å². The molecule has 4 aromatic rings. The van der Waals surface area contributed by atoms with Crippen molar-refractivity contribution in [2.75, 3.05) is 11.9 Å². The van der Waals surface area contributed by atoms with Crippen molar-refractivity contribution in [3.63, 3.8) is 0 Å². The molecular formula is C23H20N2O2S. The Morgan fingerprint density at radius 2 is 1.43 bits per heavy atom. The van der Waals surface area contributed by atoms with Crippen molar-refractivity contribution in [3.8, 4) is 0 Å². The molecule has 0 saturated heterocycles. The molecule has 0 aliphatic heterocycles. The minimum absolute atomic E-state index is 0.224. The summed E-state index contributed by atoms with van der Waals surface area (Å²) in [7, 11) is -3.57. The van der Waals surface area contributed by atoms with E-state index in [4.69, 9.17) is 0 Å². The van der Waals surface area contributed by atoms with Crippen LogP contribution < -0.4 is 5.32 Å². The summed E-state index contributed by atoms with van der Waals surface area (Å²) in [6, 6.07) is 27.7. The number of nitrogens with one attached hydrogen (secondary N) is 1. The van der Waals surface area contributed by atoms with Gasteiger partial charge in [0.05, 0.1) is 4.90 Å². The molecule has 0 bridgehead atoms. The van der Waals surface area contributed by atoms with Gasteiger partial charge in [0.2, 0.25) is 0 Å². The van der Waals surface area contributed by atoms with Gasteiger partial charge < -0.3 is 5.32 Å². The van der Waals surface area contributed by atoms with E-state index in [9.17, 15) is 8.42 Å². The second-order valence-electron chi connectivity index (χ2n) is 6.52. The molecule has 28 heavy (non-hydrogen) atoms. The molecule has 1 heterocycles. The predicted octanol–water partition coefficient (Wildman–Crippen LogP) is 4.86. The highest BCUT2D eigenvalue weighted by Crippen LogP contribution is 2.30. The monoisotopic (exact) mass is 388 g/mol. The minimum atomic E-state index is -3.57. The van der Waals surface area contributed by atoms with Crippen LogP contribution in [0.15, 0.2) is 102 Å². The van der Waals surface area contributed by atoms with Crippen LogP contribution in [-0.4, -0.2) is 19.9 Å². The lowest BCUT2D eigenvalue weighted by Crippen LogP contribution is -2.22. The summed E-state index contributed by atoms with van der Waals surface area (Å²) >= 11 is 0. The number of anilines is 1. The molecule has 1 unspecified atom stereocenters. The van der Waals surface area contributed by atoms with Crippen LogP contribution in [0.5, 0.6) is 0 Å². The number of aromatic nitrogens is 1. The number of sulfone groups is 1. The van der Waals surface area contributed by atoms with Crippen LogP contribution in [0.2, 0.25) is 0 Å². The average molecular weight is 388 g/mol. The largest absolute Gasteiger partial charge is 0.368 e. The van der Waals surface area contributed by atoms with Crippen molar-refractivity contribution in [3.05, 3.63) is 103 Å². The summed E-state index contributed by atoms with van der Waals surface area (Å²) in [6.07, 6.45) is 1.73. The third-order valence-corrected chi connectivity index (χ3v) is 6.86. The highest BCUT2D eigenvalue weighted by molar-refractivity contribution is 7.91. The van der Waals surface area contributed by atoms with Gasteiger partial charge in [-0.15, -0.1) is 0 Å². The maximum atomic E-state index is 13.4. The van der Waals surface area contributed by atoms with Crippen LogP contribution in [0.4, 0.5) is 5.82 Å². The maximum Gasteiger partial charge on any atom is 0.187 e. The van der Waals surface area contributed by atoms with E-state index in [-0.39, 0.29) is 6.54 Å². The maximum absolute atomic E-state index is 13.4. The predicted molar refractivity (Wildman–Crippen MR) is 113 cm³/mol. The van der Waals surface area contributed by atoms with Gasteiger partial charge in [-0.25, -0.2) is 13.4 Å². The first kappa shape index (κ1) is 18.2. The molecule has 1 atom stereocenters. The Hall–Kier alpha value is -3.18. The Kier molecular flexibility index (Phi) is 5.08. The van der Waals surface area contributed by atoms with Gasteiger partial charge >= 0.3 is 0 Å². The zero-order chi connectivity index (χ0) is 19.4. The molecule has 4 rings (SSSR count). The normalized spacial score (nSPS) is 12.6. The first-order chi connectivity index (χ1) is 13.7. The van der Waals surface area contributed by atoms with Crippen molar-refractivity contribution in [1.29, 1.82) is 0 Å². The van der Waals surface area contributed by atoms with Crippen LogP contribution in [0.3, 0.4) is 0 Å². The van der Waals surface area contributed by atoms with Crippen molar-refractivity contribution >= 4 is 26.4 Å². The van der Waals surface area contributed by atoms with E-state index in [0.29, 0.717) is 10.7 Å². The average Bonchev–Trinajstić information content (AvgIpc) is 2.75. The molecule has 3 aromatic carbocycles. The van der Waals surface area contributed by atoms with Gasteiger partial charge in [0.15, 0.2) is 9.84 Å². The molecule has 0 aliphatic rings. The second kappa shape index (κ2) is 7.82. The van der Waals surface area contributed by atoms with Crippen molar-refractivity contribution in [2.45, 2.75) is 10.1 Å². The summed E-state index contributed by atoms with van der Waals surface area (Å²) in [5.41, 5.74) is 0.749. The van der Waals surface area contributed by atoms with E-state index in [1.807, 2.05) is 66.7 Å². The van der Waals surface area contributed by atoms with Gasteiger partial charge in [0.1, 0.15) is 11.1 Å². The Bertz CT molecular complexity index is 1170. The van der Waals surface area contributed by atoms with E-state index < -0.39 is 15.1 Å². The fourth-order valence-corrected chi connectivity index (χ4v) is 4.98. The molecule has 1 aromatic heterocycles. The summed E-state index contributed by atoms with van der Waals surface area (Å²) in [6.45, 7) is 0.224. The lowest BCUT2D eigenvalue weighted by Gasteiger charge is -2.20. The lowest BCUT2D eigenvalue weighted by molar-refractivity contribution is 0.584. The van der Waals surface area contributed by atoms with Crippen LogP contribution in [0, 0.1) is 0 Å². The third kappa shape index (κ3) is 3.62. The fourth-order valence-electron chi connectivity index (χ4n) is 3.30. The molecule has 0 spiro atoms. The Balaban J connectivity index is 1.71. The molecule has 0 amide bonds. The molecule has 1 N–H and O–H groups in total. The van der Waals surface area contributed by atoms with E-state index in [0.717, 1.165) is 16.3 Å². The minimum Gasteiger partial charge on any atom is -0.368 e. The molecule has 5 heteroatoms. The standard InChI is InChI=1S/C23H20N2O2S/c26-28(27,20-12-5-2-6-13-20)22(19-10-3-1-4-11-19)17-25-23-21-14-8-7-9-18(21)15-16-24-23/h1-16,22H,17H2,(H,24,25). The number of rotatable bonds is 6. The Labute approximate surface area is 164 Å². The third-order valence-electron chi connectivity index (χ3n) is 4.75. The van der Waals surface area contributed by atoms with Gasteiger partial charge in [-0.05, 0) is 29.1 Å². The first-order valence-electron chi connectivity index (χ1n) is 9.08. The Morgan fingerprint density at radius 1 is 0.786 bits per heavy atom. The number of fused-ring (bicyclic) bond motifs is 1. The summed E-state index contributed by atoms with van der Waals surface area (Å²) in [5.74, 6) is 0.683. The highest BCUT2D eigenvalue weighted by Gasteiger charge is 2.29. The van der Waals surface area contributed by atoms with Gasteiger partial charge in [-0.3, -0.25) is 0 Å². The van der Waals surface area contributed by atoms with Gasteiger partial charge in [-0.1, -0.05) is 72.8 Å². The fraction of sp³-hybridized carbons (Fsp3) is 0.0870. The van der Waals surface area contributed by atoms with E-state index >= 15 is 0 Å². The topological polar surface area (TPSA) is 59.1 Å². The number of benzene rings is 3. The van der Waals surface area contributed by atoms with Crippen LogP contribution in [-0.2, 0) is 9.84 Å². The molecule has 0 saturated carbocycles. The number of hydrogen-bond acceptors (Lipinski definition) is 4. The summed E-state index contributed by atoms with van der Waals surface area (Å²) in [5, 5.41) is 4.57. The first-order valence-corrected chi connectivity index (χ1v) is 10.6. The Morgan fingerprint density at radius 3 is 2.18 bits per heavy atom. The molecule has 4 nitrogen and oxygen atoms in total. The zero-order valence-electron chi connectivity index (χ0n) is 15.2. The van der Waals surface area contributed by atoms with E-state index in [1.165, 1.54) is 0 Å². The molecule has 0 aliphatic carbocycles. The van der Waals surface area contributed by atoms with E-state index in [2.05, 4.69) is 10.3 Å². The smallest absolute Gasteiger partial charge is 0.187 e. The van der Waals surface area contributed by atoms with Crippen molar-refractivity contribution < 1.29 is 8.42 Å². The van der Waals surface area contributed by atoms with Crippen molar-refractivity contribution in [2.24, 2.45) is 0 Å². The zero-order valence-corrected chi connectivity index (χ0v) is 16.0. The molecular weight excluding hydrogens is 368 g/mol. The SMILES string of the molecule is O=S(=O)(c1ccccc1)C(CNc1nccc2ccccc12)c1ccccc1.